The Kier molecular flexibility index (Phi) is 12.2. The summed E-state index contributed by atoms with van der Waals surface area (Å²) in [6, 6.07) is 20.3. The fourth-order valence-electron chi connectivity index (χ4n) is 4.25. The Morgan fingerprint density at radius 1 is 0.605 bits per heavy atom. The predicted octanol–water partition coefficient (Wildman–Crippen LogP) is 0.0340. The van der Waals surface area contributed by atoms with E-state index in [0.717, 1.165) is 5.56 Å². The van der Waals surface area contributed by atoms with Gasteiger partial charge >= 0.3 is 5.97 Å². The maximum atomic E-state index is 13.3. The second-order valence-corrected chi connectivity index (χ2v) is 9.81. The monoisotopic (exact) mass is 589 g/mol. The van der Waals surface area contributed by atoms with E-state index < -0.39 is 54.3 Å². The Bertz CT molecular complexity index is 1380. The summed E-state index contributed by atoms with van der Waals surface area (Å²) in [7, 11) is 0. The van der Waals surface area contributed by atoms with Crippen molar-refractivity contribution in [2.75, 3.05) is 13.1 Å². The van der Waals surface area contributed by atoms with Gasteiger partial charge < -0.3 is 37.2 Å². The van der Waals surface area contributed by atoms with Crippen LogP contribution in [-0.4, -0.2) is 71.0 Å². The van der Waals surface area contributed by atoms with Crippen LogP contribution in [0.1, 0.15) is 16.7 Å². The molecule has 12 nitrogen and oxygen atoms in total. The average Bonchev–Trinajstić information content (AvgIpc) is 3.00. The number of carbonyl (C=O) groups is 5. The summed E-state index contributed by atoms with van der Waals surface area (Å²) in [5.41, 5.74) is 7.46. The maximum absolute atomic E-state index is 13.3. The number of hydrogen-bond acceptors (Lipinski definition) is 7. The van der Waals surface area contributed by atoms with E-state index in [1.54, 1.807) is 72.8 Å². The second kappa shape index (κ2) is 16.3. The van der Waals surface area contributed by atoms with E-state index in [1.165, 1.54) is 12.1 Å². The minimum absolute atomic E-state index is 0.0382. The maximum Gasteiger partial charge on any atom is 0.326 e. The first-order valence-corrected chi connectivity index (χ1v) is 13.6. The lowest BCUT2D eigenvalue weighted by Crippen LogP contribution is -2.55. The van der Waals surface area contributed by atoms with Gasteiger partial charge in [0.1, 0.15) is 23.9 Å². The number of nitrogens with two attached hydrogens (primary N) is 1. The number of hydrogen-bond donors (Lipinski definition) is 7. The summed E-state index contributed by atoms with van der Waals surface area (Å²) in [6.45, 7) is -0.869. The molecule has 8 N–H and O–H groups in total. The van der Waals surface area contributed by atoms with Crippen LogP contribution in [0.3, 0.4) is 0 Å². The van der Waals surface area contributed by atoms with Gasteiger partial charge in [0, 0.05) is 19.3 Å². The smallest absolute Gasteiger partial charge is 0.326 e. The molecule has 0 aliphatic heterocycles. The van der Waals surface area contributed by atoms with Gasteiger partial charge in [-0.1, -0.05) is 72.8 Å². The molecule has 0 saturated heterocycles. The molecule has 0 unspecified atom stereocenters. The van der Waals surface area contributed by atoms with Crippen LogP contribution in [0.4, 0.5) is 0 Å². The fourth-order valence-corrected chi connectivity index (χ4v) is 4.25. The third-order valence-electron chi connectivity index (χ3n) is 6.47. The second-order valence-electron chi connectivity index (χ2n) is 9.81. The molecule has 0 spiro atoms. The van der Waals surface area contributed by atoms with E-state index in [-0.39, 0.29) is 31.6 Å². The number of rotatable bonds is 15. The zero-order valence-corrected chi connectivity index (χ0v) is 23.4. The minimum atomic E-state index is -1.24. The van der Waals surface area contributed by atoms with Crippen molar-refractivity contribution >= 4 is 29.6 Å². The summed E-state index contributed by atoms with van der Waals surface area (Å²) >= 11 is 0. The highest BCUT2D eigenvalue weighted by molar-refractivity contribution is 5.94. The zero-order chi connectivity index (χ0) is 31.2. The van der Waals surface area contributed by atoms with Crippen LogP contribution in [0.25, 0.3) is 0 Å². The highest BCUT2D eigenvalue weighted by Gasteiger charge is 2.28. The van der Waals surface area contributed by atoms with Crippen molar-refractivity contribution < 1.29 is 34.2 Å². The Morgan fingerprint density at radius 2 is 1.07 bits per heavy atom. The van der Waals surface area contributed by atoms with Gasteiger partial charge in [0.15, 0.2) is 0 Å². The summed E-state index contributed by atoms with van der Waals surface area (Å²) < 4.78 is 0. The van der Waals surface area contributed by atoms with Gasteiger partial charge in [-0.3, -0.25) is 19.2 Å². The van der Waals surface area contributed by atoms with E-state index in [9.17, 15) is 34.2 Å². The number of phenolic OH excluding ortho intramolecular Hbond substituents is 1. The molecule has 3 aromatic rings. The molecule has 0 bridgehead atoms. The van der Waals surface area contributed by atoms with Gasteiger partial charge in [-0.2, -0.15) is 0 Å². The molecule has 3 rings (SSSR count). The molecule has 0 heterocycles. The van der Waals surface area contributed by atoms with Crippen molar-refractivity contribution in [3.63, 3.8) is 0 Å². The van der Waals surface area contributed by atoms with Crippen molar-refractivity contribution in [1.82, 2.24) is 21.3 Å². The zero-order valence-electron chi connectivity index (χ0n) is 23.4. The van der Waals surface area contributed by atoms with Crippen molar-refractivity contribution in [2.45, 2.75) is 37.4 Å². The van der Waals surface area contributed by atoms with Gasteiger partial charge in [-0.25, -0.2) is 4.79 Å². The van der Waals surface area contributed by atoms with Crippen molar-refractivity contribution in [1.29, 1.82) is 0 Å². The van der Waals surface area contributed by atoms with E-state index in [2.05, 4.69) is 21.3 Å². The van der Waals surface area contributed by atoms with Gasteiger partial charge in [0.05, 0.1) is 13.1 Å². The molecule has 12 heteroatoms. The Hall–Kier alpha value is -5.23. The summed E-state index contributed by atoms with van der Waals surface area (Å²) in [4.78, 5) is 63.0. The lowest BCUT2D eigenvalue weighted by atomic mass is 10.0. The first kappa shape index (κ1) is 32.3. The van der Waals surface area contributed by atoms with Gasteiger partial charge in [0.2, 0.25) is 23.6 Å². The number of benzene rings is 3. The SMILES string of the molecule is NCC(=O)N[C@H](Cc1ccc(O)cc1)C(=O)NCC(=O)N[C@H](Cc1ccccc1)C(=O)N[C@H](Cc1ccccc1)C(=O)O. The first-order valence-electron chi connectivity index (χ1n) is 13.6. The van der Waals surface area contributed by atoms with Crippen LogP contribution in [0.5, 0.6) is 5.75 Å². The number of carboxylic acid groups (broad SMARTS) is 1. The first-order chi connectivity index (χ1) is 20.6. The lowest BCUT2D eigenvalue weighted by molar-refractivity contribution is -0.142. The summed E-state index contributed by atoms with van der Waals surface area (Å²) in [6.07, 6.45) is 0.178. The Morgan fingerprint density at radius 3 is 1.58 bits per heavy atom. The van der Waals surface area contributed by atoms with Crippen LogP contribution >= 0.6 is 0 Å². The van der Waals surface area contributed by atoms with Gasteiger partial charge in [0.25, 0.3) is 0 Å². The van der Waals surface area contributed by atoms with Gasteiger partial charge in [-0.05, 0) is 28.8 Å². The van der Waals surface area contributed by atoms with Gasteiger partial charge in [-0.15, -0.1) is 0 Å². The van der Waals surface area contributed by atoms with E-state index >= 15 is 0 Å². The van der Waals surface area contributed by atoms with E-state index in [1.807, 2.05) is 0 Å². The number of phenols is 1. The number of carbonyl (C=O) groups excluding carboxylic acids is 4. The van der Waals surface area contributed by atoms with Crippen LogP contribution in [0.2, 0.25) is 0 Å². The van der Waals surface area contributed by atoms with Crippen LogP contribution in [0, 0.1) is 0 Å². The van der Waals surface area contributed by atoms with Crippen molar-refractivity contribution in [3.05, 3.63) is 102 Å². The number of aliphatic carboxylic acids is 1. The van der Waals surface area contributed by atoms with Crippen LogP contribution < -0.4 is 27.0 Å². The summed E-state index contributed by atoms with van der Waals surface area (Å²) in [5.74, 6) is -3.83. The Labute approximate surface area is 248 Å². The molecule has 0 fully saturated rings. The summed E-state index contributed by atoms with van der Waals surface area (Å²) in [5, 5.41) is 29.3. The number of amides is 4. The van der Waals surface area contributed by atoms with Crippen molar-refractivity contribution in [3.8, 4) is 5.75 Å². The fraction of sp³-hybridized carbons (Fsp3) is 0.258. The molecular weight excluding hydrogens is 554 g/mol. The third-order valence-corrected chi connectivity index (χ3v) is 6.47. The van der Waals surface area contributed by atoms with E-state index in [0.29, 0.717) is 11.1 Å². The quantitative estimate of drug-likeness (QED) is 0.129. The molecule has 0 saturated carbocycles. The molecular formula is C31H35N5O7. The highest BCUT2D eigenvalue weighted by atomic mass is 16.4. The standard InChI is InChI=1S/C31H35N5O7/c32-18-27(38)34-24(16-22-11-13-23(37)14-12-22)29(40)33-19-28(39)35-25(15-20-7-3-1-4-8-20)30(41)36-26(31(42)43)17-21-9-5-2-6-10-21/h1-14,24-26,37H,15-19,32H2,(H,33,40)(H,34,38)(H,35,39)(H,36,41)(H,42,43)/t24-,25-,26-/m1/s1. The Balaban J connectivity index is 1.67. The highest BCUT2D eigenvalue weighted by Crippen LogP contribution is 2.12. The molecule has 0 radical (unpaired) electrons. The third kappa shape index (κ3) is 10.9. The normalized spacial score (nSPS) is 12.7. The minimum Gasteiger partial charge on any atom is -0.508 e. The molecule has 3 atom stereocenters. The van der Waals surface area contributed by atoms with E-state index in [4.69, 9.17) is 5.73 Å². The van der Waals surface area contributed by atoms with Crippen LogP contribution in [-0.2, 0) is 43.2 Å². The number of carboxylic acids is 1. The van der Waals surface area contributed by atoms with Crippen LogP contribution in [0.15, 0.2) is 84.9 Å². The molecule has 4 amide bonds. The largest absolute Gasteiger partial charge is 0.508 e. The molecule has 0 aliphatic rings. The lowest BCUT2D eigenvalue weighted by Gasteiger charge is -2.22. The molecule has 0 aromatic heterocycles. The predicted molar refractivity (Wildman–Crippen MR) is 158 cm³/mol. The molecule has 0 aliphatic carbocycles. The molecule has 43 heavy (non-hydrogen) atoms. The molecule has 226 valence electrons. The topological polar surface area (TPSA) is 200 Å². The average molecular weight is 590 g/mol. The number of nitrogens with one attached hydrogen (secondary N) is 4. The van der Waals surface area contributed by atoms with Crippen molar-refractivity contribution in [2.24, 2.45) is 5.73 Å². The molecule has 3 aromatic carbocycles. The number of aromatic hydroxyl groups is 1.